The average Bonchev–Trinajstić information content (AvgIpc) is 2.68. The van der Waals surface area contributed by atoms with E-state index in [9.17, 15) is 13.6 Å². The normalized spacial score (nSPS) is 16.1. The Morgan fingerprint density at radius 2 is 1.89 bits per heavy atom. The maximum Gasteiger partial charge on any atom is 0.288 e. The maximum absolute atomic E-state index is 12.4. The molecule has 0 atom stereocenters. The van der Waals surface area contributed by atoms with Gasteiger partial charge in [0.15, 0.2) is 0 Å². The number of carbonyl (C=O) groups excluding carboxylic acids is 1. The summed E-state index contributed by atoms with van der Waals surface area (Å²) in [5.74, 6) is -2.64. The van der Waals surface area contributed by atoms with Crippen LogP contribution >= 0.6 is 27.7 Å². The van der Waals surface area contributed by atoms with Crippen LogP contribution in [0.4, 0.5) is 14.5 Å². The van der Waals surface area contributed by atoms with E-state index in [0.717, 1.165) is 22.9 Å². The number of alkyl halides is 2. The fraction of sp³-hybridized carbons (Fsp3) is 0.350. The molecule has 0 radical (unpaired) electrons. The first-order valence-electron chi connectivity index (χ1n) is 8.90. The molecule has 150 valence electrons. The number of hydrogen-bond donors (Lipinski definition) is 2. The summed E-state index contributed by atoms with van der Waals surface area (Å²) in [6, 6.07) is 14.5. The molecule has 1 amide bonds. The van der Waals surface area contributed by atoms with Crippen LogP contribution in [0.1, 0.15) is 18.4 Å². The van der Waals surface area contributed by atoms with E-state index in [2.05, 4.69) is 38.7 Å². The molecule has 2 aromatic carbocycles. The number of halogens is 3. The Kier molecular flexibility index (Phi) is 7.45. The van der Waals surface area contributed by atoms with E-state index < -0.39 is 5.76 Å². The number of thioether (sulfide) groups is 1. The second-order valence-electron chi connectivity index (χ2n) is 6.51. The zero-order valence-electron chi connectivity index (χ0n) is 15.1. The molecule has 0 spiro atoms. The summed E-state index contributed by atoms with van der Waals surface area (Å²) in [4.78, 5) is 12.9. The minimum Gasteiger partial charge on any atom is -0.381 e. The first-order chi connectivity index (χ1) is 13.5. The number of benzene rings is 2. The lowest BCUT2D eigenvalue weighted by Crippen LogP contribution is -2.49. The summed E-state index contributed by atoms with van der Waals surface area (Å²) in [6.45, 7) is 1.40. The Labute approximate surface area is 175 Å². The van der Waals surface area contributed by atoms with Crippen LogP contribution in [-0.2, 0) is 15.1 Å². The van der Waals surface area contributed by atoms with E-state index in [1.165, 1.54) is 0 Å². The molecule has 0 bridgehead atoms. The van der Waals surface area contributed by atoms with Crippen molar-refractivity contribution in [2.75, 3.05) is 25.1 Å². The van der Waals surface area contributed by atoms with Crippen molar-refractivity contribution < 1.29 is 18.3 Å². The van der Waals surface area contributed by atoms with Gasteiger partial charge in [0, 0.05) is 33.8 Å². The average molecular weight is 471 g/mol. The van der Waals surface area contributed by atoms with Gasteiger partial charge in [-0.25, -0.2) is 0 Å². The van der Waals surface area contributed by atoms with Gasteiger partial charge in [-0.3, -0.25) is 10.1 Å². The molecule has 1 saturated heterocycles. The summed E-state index contributed by atoms with van der Waals surface area (Å²) in [5, 5.41) is 6.22. The second-order valence-corrected chi connectivity index (χ2v) is 8.49. The van der Waals surface area contributed by atoms with Gasteiger partial charge in [-0.15, -0.1) is 0 Å². The van der Waals surface area contributed by atoms with Gasteiger partial charge in [-0.2, -0.15) is 8.78 Å². The standard InChI is InChI=1S/C20H21BrF2N2O2S/c21-15-3-1-2-14(12-15)20(8-10-27-11-9-20)24-13-18(26)25-16-4-6-17(7-5-16)28-19(22)23/h1-7,12,19,24H,8-11,13H2,(H,25,26). The highest BCUT2D eigenvalue weighted by Crippen LogP contribution is 2.33. The number of nitrogens with one attached hydrogen (secondary N) is 2. The van der Waals surface area contributed by atoms with E-state index in [4.69, 9.17) is 4.74 Å². The SMILES string of the molecule is O=C(CNC1(c2cccc(Br)c2)CCOCC1)Nc1ccc(SC(F)F)cc1. The summed E-state index contributed by atoms with van der Waals surface area (Å²) < 4.78 is 31.3. The Morgan fingerprint density at radius 1 is 1.18 bits per heavy atom. The highest BCUT2D eigenvalue weighted by atomic mass is 79.9. The lowest BCUT2D eigenvalue weighted by molar-refractivity contribution is -0.116. The molecule has 0 aliphatic carbocycles. The van der Waals surface area contributed by atoms with E-state index in [1.807, 2.05) is 12.1 Å². The number of hydrogen-bond acceptors (Lipinski definition) is 4. The number of rotatable bonds is 7. The minimum atomic E-state index is -2.46. The maximum atomic E-state index is 12.4. The number of anilines is 1. The van der Waals surface area contributed by atoms with Crippen LogP contribution in [0.2, 0.25) is 0 Å². The lowest BCUT2D eigenvalue weighted by atomic mass is 9.82. The molecule has 1 aliphatic rings. The van der Waals surface area contributed by atoms with Crippen LogP contribution in [0.25, 0.3) is 0 Å². The molecule has 4 nitrogen and oxygen atoms in total. The van der Waals surface area contributed by atoms with Gasteiger partial charge in [0.2, 0.25) is 5.91 Å². The quantitative estimate of drug-likeness (QED) is 0.559. The summed E-state index contributed by atoms with van der Waals surface area (Å²) in [5.41, 5.74) is 1.37. The Hall–Kier alpha value is -1.48. The van der Waals surface area contributed by atoms with Crippen molar-refractivity contribution in [1.29, 1.82) is 0 Å². The molecule has 1 fully saturated rings. The van der Waals surface area contributed by atoms with Gasteiger partial charge in [0.05, 0.1) is 6.54 Å². The van der Waals surface area contributed by atoms with Gasteiger partial charge in [0.1, 0.15) is 0 Å². The molecule has 1 aliphatic heterocycles. The second kappa shape index (κ2) is 9.82. The number of ether oxygens (including phenoxy) is 1. The summed E-state index contributed by atoms with van der Waals surface area (Å²) in [6.07, 6.45) is 1.55. The van der Waals surface area contributed by atoms with Crippen molar-refractivity contribution in [1.82, 2.24) is 5.32 Å². The lowest BCUT2D eigenvalue weighted by Gasteiger charge is -2.38. The zero-order valence-corrected chi connectivity index (χ0v) is 17.5. The van der Waals surface area contributed by atoms with Gasteiger partial charge in [-0.05, 0) is 54.8 Å². The molecule has 8 heteroatoms. The molecule has 0 unspecified atom stereocenters. The van der Waals surface area contributed by atoms with E-state index in [0.29, 0.717) is 35.6 Å². The van der Waals surface area contributed by atoms with Crippen LogP contribution in [0.3, 0.4) is 0 Å². The smallest absolute Gasteiger partial charge is 0.288 e. The van der Waals surface area contributed by atoms with E-state index >= 15 is 0 Å². The third-order valence-corrected chi connectivity index (χ3v) is 5.89. The minimum absolute atomic E-state index is 0.139. The van der Waals surface area contributed by atoms with Gasteiger partial charge in [0.25, 0.3) is 5.76 Å². The van der Waals surface area contributed by atoms with Crippen LogP contribution in [0, 0.1) is 0 Å². The van der Waals surface area contributed by atoms with Gasteiger partial charge >= 0.3 is 0 Å². The summed E-state index contributed by atoms with van der Waals surface area (Å²) >= 11 is 3.99. The molecule has 3 rings (SSSR count). The fourth-order valence-electron chi connectivity index (χ4n) is 3.25. The van der Waals surface area contributed by atoms with Gasteiger partial charge in [-0.1, -0.05) is 39.8 Å². The monoisotopic (exact) mass is 470 g/mol. The highest BCUT2D eigenvalue weighted by Gasteiger charge is 2.34. The molecule has 1 heterocycles. The predicted molar refractivity (Wildman–Crippen MR) is 111 cm³/mol. The predicted octanol–water partition coefficient (Wildman–Crippen LogP) is 5.00. The van der Waals surface area contributed by atoms with Crippen LogP contribution < -0.4 is 10.6 Å². The Balaban J connectivity index is 1.62. The van der Waals surface area contributed by atoms with Crippen LogP contribution in [0.5, 0.6) is 0 Å². The third-order valence-electron chi connectivity index (χ3n) is 4.67. The highest BCUT2D eigenvalue weighted by molar-refractivity contribution is 9.10. The fourth-order valence-corrected chi connectivity index (χ4v) is 4.15. The van der Waals surface area contributed by atoms with Crippen LogP contribution in [-0.4, -0.2) is 31.4 Å². The molecular formula is C20H21BrF2N2O2S. The third kappa shape index (κ3) is 5.76. The van der Waals surface area contributed by atoms with Crippen molar-refractivity contribution in [3.63, 3.8) is 0 Å². The topological polar surface area (TPSA) is 50.4 Å². The van der Waals surface area contributed by atoms with Crippen LogP contribution in [0.15, 0.2) is 57.9 Å². The van der Waals surface area contributed by atoms with Crippen molar-refractivity contribution in [2.45, 2.75) is 29.0 Å². The van der Waals surface area contributed by atoms with Crippen molar-refractivity contribution >= 4 is 39.3 Å². The molecule has 28 heavy (non-hydrogen) atoms. The van der Waals surface area contributed by atoms with Crippen molar-refractivity contribution in [2.24, 2.45) is 0 Å². The van der Waals surface area contributed by atoms with E-state index in [1.54, 1.807) is 24.3 Å². The first-order valence-corrected chi connectivity index (χ1v) is 10.6. The molecule has 0 aromatic heterocycles. The first kappa shape index (κ1) is 21.2. The van der Waals surface area contributed by atoms with Gasteiger partial charge < -0.3 is 10.1 Å². The number of amides is 1. The molecule has 0 saturated carbocycles. The zero-order chi connectivity index (χ0) is 20.0. The van der Waals surface area contributed by atoms with Crippen molar-refractivity contribution in [3.05, 3.63) is 58.6 Å². The Bertz CT molecular complexity index is 799. The molecule has 2 N–H and O–H groups in total. The molecular weight excluding hydrogens is 450 g/mol. The summed E-state index contributed by atoms with van der Waals surface area (Å²) in [7, 11) is 0. The molecule has 2 aromatic rings. The number of carbonyl (C=O) groups is 1. The van der Waals surface area contributed by atoms with E-state index in [-0.39, 0.29) is 18.0 Å². The Morgan fingerprint density at radius 3 is 2.54 bits per heavy atom. The van der Waals surface area contributed by atoms with Crippen molar-refractivity contribution in [3.8, 4) is 0 Å². The largest absolute Gasteiger partial charge is 0.381 e.